The van der Waals surface area contributed by atoms with E-state index in [1.54, 1.807) is 0 Å². The summed E-state index contributed by atoms with van der Waals surface area (Å²) in [6, 6.07) is 10.9. The first kappa shape index (κ1) is 8.80. The van der Waals surface area contributed by atoms with Gasteiger partial charge in [0, 0.05) is 0 Å². The molecule has 2 rings (SSSR count). The van der Waals surface area contributed by atoms with E-state index in [1.807, 2.05) is 0 Å². The van der Waals surface area contributed by atoms with Crippen LogP contribution in [-0.2, 0) is 6.42 Å². The van der Waals surface area contributed by atoms with Crippen LogP contribution >= 0.6 is 0 Å². The third-order valence-electron chi connectivity index (χ3n) is 3.17. The lowest BCUT2D eigenvalue weighted by Gasteiger charge is -2.03. The molecular formula is C13H18. The van der Waals surface area contributed by atoms with Gasteiger partial charge < -0.3 is 0 Å². The molecule has 0 heterocycles. The van der Waals surface area contributed by atoms with Crippen LogP contribution in [0.2, 0.25) is 0 Å². The van der Waals surface area contributed by atoms with Crippen molar-refractivity contribution in [2.75, 3.05) is 0 Å². The van der Waals surface area contributed by atoms with E-state index in [-0.39, 0.29) is 0 Å². The predicted molar refractivity (Wildman–Crippen MR) is 56.6 cm³/mol. The highest BCUT2D eigenvalue weighted by Crippen LogP contribution is 2.45. The normalized spacial score (nSPS) is 26.4. The summed E-state index contributed by atoms with van der Waals surface area (Å²) in [5.74, 6) is 2.86. The molecule has 1 fully saturated rings. The molecule has 0 nitrogen and oxygen atoms in total. The standard InChI is InChI=1S/C13H18/c1-10(2)13-9-12(13)8-11-6-4-3-5-7-11/h3-7,10,12-13H,8-9H2,1-2H3. The van der Waals surface area contributed by atoms with Crippen molar-refractivity contribution in [3.63, 3.8) is 0 Å². The SMILES string of the molecule is CC(C)C1CC1Cc1ccccc1. The first-order valence-electron chi connectivity index (χ1n) is 5.31. The maximum Gasteiger partial charge on any atom is -0.0248 e. The van der Waals surface area contributed by atoms with Crippen LogP contribution < -0.4 is 0 Å². The Bertz CT molecular complexity index is 261. The highest BCUT2D eigenvalue weighted by molar-refractivity contribution is 5.16. The minimum absolute atomic E-state index is 0.883. The van der Waals surface area contributed by atoms with Crippen LogP contribution in [0.25, 0.3) is 0 Å². The van der Waals surface area contributed by atoms with Crippen molar-refractivity contribution in [1.82, 2.24) is 0 Å². The van der Waals surface area contributed by atoms with Gasteiger partial charge in [-0.05, 0) is 36.2 Å². The maximum atomic E-state index is 2.34. The lowest BCUT2D eigenvalue weighted by atomic mass is 10.0. The smallest absolute Gasteiger partial charge is 0.0248 e. The van der Waals surface area contributed by atoms with Crippen LogP contribution in [0, 0.1) is 17.8 Å². The summed E-state index contributed by atoms with van der Waals surface area (Å²) in [6.45, 7) is 4.69. The first-order chi connectivity index (χ1) is 6.27. The molecule has 0 N–H and O–H groups in total. The zero-order valence-corrected chi connectivity index (χ0v) is 8.53. The molecule has 1 aromatic carbocycles. The van der Waals surface area contributed by atoms with E-state index >= 15 is 0 Å². The summed E-state index contributed by atoms with van der Waals surface area (Å²) in [7, 11) is 0. The molecule has 13 heavy (non-hydrogen) atoms. The molecule has 0 amide bonds. The van der Waals surface area contributed by atoms with Crippen molar-refractivity contribution in [3.8, 4) is 0 Å². The second-order valence-corrected chi connectivity index (χ2v) is 4.59. The minimum Gasteiger partial charge on any atom is -0.0625 e. The van der Waals surface area contributed by atoms with Crippen molar-refractivity contribution in [1.29, 1.82) is 0 Å². The van der Waals surface area contributed by atoms with Gasteiger partial charge >= 0.3 is 0 Å². The predicted octanol–water partition coefficient (Wildman–Crippen LogP) is 3.52. The topological polar surface area (TPSA) is 0 Å². The molecular weight excluding hydrogens is 156 g/mol. The van der Waals surface area contributed by atoms with Crippen molar-refractivity contribution in [3.05, 3.63) is 35.9 Å². The molecule has 0 heteroatoms. The Kier molecular flexibility index (Phi) is 2.39. The first-order valence-corrected chi connectivity index (χ1v) is 5.31. The third-order valence-corrected chi connectivity index (χ3v) is 3.17. The molecule has 2 atom stereocenters. The molecule has 0 bridgehead atoms. The van der Waals surface area contributed by atoms with Gasteiger partial charge in [-0.1, -0.05) is 44.2 Å². The molecule has 1 saturated carbocycles. The summed E-state index contributed by atoms with van der Waals surface area (Å²) < 4.78 is 0. The Labute approximate surface area is 81.0 Å². The number of hydrogen-bond acceptors (Lipinski definition) is 0. The summed E-state index contributed by atoms with van der Waals surface area (Å²) in [5.41, 5.74) is 1.51. The van der Waals surface area contributed by atoms with Gasteiger partial charge in [-0.15, -0.1) is 0 Å². The quantitative estimate of drug-likeness (QED) is 0.657. The molecule has 0 saturated heterocycles. The molecule has 1 aliphatic rings. The Morgan fingerprint density at radius 1 is 1.23 bits per heavy atom. The van der Waals surface area contributed by atoms with Gasteiger partial charge in [0.25, 0.3) is 0 Å². The zero-order chi connectivity index (χ0) is 9.26. The maximum absolute atomic E-state index is 2.34. The van der Waals surface area contributed by atoms with E-state index in [4.69, 9.17) is 0 Å². The zero-order valence-electron chi connectivity index (χ0n) is 8.53. The Hall–Kier alpha value is -0.780. The van der Waals surface area contributed by atoms with Crippen LogP contribution in [0.5, 0.6) is 0 Å². The number of benzene rings is 1. The number of hydrogen-bond donors (Lipinski definition) is 0. The molecule has 0 aliphatic heterocycles. The summed E-state index contributed by atoms with van der Waals surface area (Å²) in [6.07, 6.45) is 2.75. The average molecular weight is 174 g/mol. The Balaban J connectivity index is 1.88. The van der Waals surface area contributed by atoms with Gasteiger partial charge in [-0.2, -0.15) is 0 Å². The Morgan fingerprint density at radius 2 is 1.92 bits per heavy atom. The monoisotopic (exact) mass is 174 g/mol. The molecule has 70 valence electrons. The molecule has 1 aromatic rings. The average Bonchev–Trinajstić information content (AvgIpc) is 2.86. The third kappa shape index (κ3) is 2.12. The van der Waals surface area contributed by atoms with E-state index < -0.39 is 0 Å². The van der Waals surface area contributed by atoms with E-state index in [1.165, 1.54) is 18.4 Å². The van der Waals surface area contributed by atoms with Crippen LogP contribution in [0.15, 0.2) is 30.3 Å². The van der Waals surface area contributed by atoms with Crippen molar-refractivity contribution >= 4 is 0 Å². The fourth-order valence-electron chi connectivity index (χ4n) is 2.24. The van der Waals surface area contributed by atoms with Crippen molar-refractivity contribution in [2.45, 2.75) is 26.7 Å². The van der Waals surface area contributed by atoms with Gasteiger partial charge in [0.2, 0.25) is 0 Å². The van der Waals surface area contributed by atoms with E-state index in [2.05, 4.69) is 44.2 Å². The fourth-order valence-corrected chi connectivity index (χ4v) is 2.24. The molecule has 1 aliphatic carbocycles. The van der Waals surface area contributed by atoms with Gasteiger partial charge in [-0.3, -0.25) is 0 Å². The summed E-state index contributed by atoms with van der Waals surface area (Å²) >= 11 is 0. The van der Waals surface area contributed by atoms with Gasteiger partial charge in [0.1, 0.15) is 0 Å². The summed E-state index contributed by atoms with van der Waals surface area (Å²) in [5, 5.41) is 0. The largest absolute Gasteiger partial charge is 0.0625 e. The minimum atomic E-state index is 0.883. The van der Waals surface area contributed by atoms with Gasteiger partial charge in [0.15, 0.2) is 0 Å². The van der Waals surface area contributed by atoms with E-state index in [0.717, 1.165) is 17.8 Å². The number of rotatable bonds is 3. The van der Waals surface area contributed by atoms with Crippen LogP contribution in [0.4, 0.5) is 0 Å². The highest BCUT2D eigenvalue weighted by Gasteiger charge is 2.38. The molecule has 0 aromatic heterocycles. The van der Waals surface area contributed by atoms with Crippen molar-refractivity contribution in [2.24, 2.45) is 17.8 Å². The molecule has 2 unspecified atom stereocenters. The second-order valence-electron chi connectivity index (χ2n) is 4.59. The lowest BCUT2D eigenvalue weighted by molar-refractivity contribution is 0.516. The molecule has 0 spiro atoms. The Morgan fingerprint density at radius 3 is 2.46 bits per heavy atom. The van der Waals surface area contributed by atoms with E-state index in [9.17, 15) is 0 Å². The van der Waals surface area contributed by atoms with Crippen LogP contribution in [0.3, 0.4) is 0 Å². The van der Waals surface area contributed by atoms with E-state index in [0.29, 0.717) is 0 Å². The fraction of sp³-hybridized carbons (Fsp3) is 0.538. The highest BCUT2D eigenvalue weighted by atomic mass is 14.4. The van der Waals surface area contributed by atoms with Crippen LogP contribution in [0.1, 0.15) is 25.8 Å². The lowest BCUT2D eigenvalue weighted by Crippen LogP contribution is -1.95. The van der Waals surface area contributed by atoms with Crippen molar-refractivity contribution < 1.29 is 0 Å². The van der Waals surface area contributed by atoms with Crippen LogP contribution in [-0.4, -0.2) is 0 Å². The second kappa shape index (κ2) is 3.53. The summed E-state index contributed by atoms with van der Waals surface area (Å²) in [4.78, 5) is 0. The molecule has 0 radical (unpaired) electrons. The van der Waals surface area contributed by atoms with Gasteiger partial charge in [0.05, 0.1) is 0 Å². The van der Waals surface area contributed by atoms with Gasteiger partial charge in [-0.25, -0.2) is 0 Å².